The van der Waals surface area contributed by atoms with E-state index >= 15 is 0 Å². The van der Waals surface area contributed by atoms with Gasteiger partial charge in [0.1, 0.15) is 0 Å². The first kappa shape index (κ1) is 17.6. The number of benzene rings is 1. The van der Waals surface area contributed by atoms with Crippen LogP contribution in [0.3, 0.4) is 0 Å². The van der Waals surface area contributed by atoms with Crippen LogP contribution in [-0.2, 0) is 22.6 Å². The lowest BCUT2D eigenvalue weighted by molar-refractivity contribution is -0.138. The molecule has 2 rings (SSSR count). The molecule has 0 aliphatic carbocycles. The van der Waals surface area contributed by atoms with Crippen LogP contribution in [0.15, 0.2) is 39.6 Å². The Labute approximate surface area is 147 Å². The Morgan fingerprint density at radius 3 is 2.78 bits per heavy atom. The van der Waals surface area contributed by atoms with E-state index in [0.717, 1.165) is 15.7 Å². The van der Waals surface area contributed by atoms with E-state index < -0.39 is 5.97 Å². The van der Waals surface area contributed by atoms with Crippen molar-refractivity contribution < 1.29 is 14.7 Å². The highest BCUT2D eigenvalue weighted by atomic mass is 79.9. The number of carbonyl (C=O) groups is 2. The molecule has 0 saturated heterocycles. The molecule has 0 saturated carbocycles. The summed E-state index contributed by atoms with van der Waals surface area (Å²) in [5.41, 5.74) is 3.60. The van der Waals surface area contributed by atoms with Gasteiger partial charge in [-0.2, -0.15) is 0 Å². The van der Waals surface area contributed by atoms with E-state index in [4.69, 9.17) is 5.11 Å². The number of hydrogen-bond donors (Lipinski definition) is 1. The van der Waals surface area contributed by atoms with Gasteiger partial charge in [0, 0.05) is 29.4 Å². The van der Waals surface area contributed by atoms with Crippen LogP contribution in [0, 0.1) is 0 Å². The third kappa shape index (κ3) is 6.11. The van der Waals surface area contributed by atoms with Gasteiger partial charge in [-0.05, 0) is 24.1 Å². The fourth-order valence-corrected chi connectivity index (χ4v) is 3.17. The maximum absolute atomic E-state index is 12.4. The topological polar surface area (TPSA) is 70.5 Å². The number of carbonyl (C=O) groups excluding carboxylic acids is 1. The quantitative estimate of drug-likeness (QED) is 0.742. The molecule has 0 spiro atoms. The van der Waals surface area contributed by atoms with E-state index in [1.165, 1.54) is 11.3 Å². The van der Waals surface area contributed by atoms with Gasteiger partial charge in [0.15, 0.2) is 0 Å². The molecule has 0 atom stereocenters. The van der Waals surface area contributed by atoms with Crippen molar-refractivity contribution in [3.8, 4) is 0 Å². The van der Waals surface area contributed by atoms with Crippen LogP contribution in [0.4, 0.5) is 0 Å². The molecule has 7 heteroatoms. The lowest BCUT2D eigenvalue weighted by Gasteiger charge is -2.22. The number of carboxylic acids is 1. The second-order valence-corrected chi connectivity index (χ2v) is 6.70. The maximum atomic E-state index is 12.4. The summed E-state index contributed by atoms with van der Waals surface area (Å²) in [6, 6.07) is 7.66. The van der Waals surface area contributed by atoms with Crippen LogP contribution >= 0.6 is 27.3 Å². The Morgan fingerprint density at radius 2 is 2.13 bits per heavy atom. The van der Waals surface area contributed by atoms with Gasteiger partial charge in [0.05, 0.1) is 17.6 Å². The molecule has 1 amide bonds. The number of aromatic nitrogens is 1. The van der Waals surface area contributed by atoms with E-state index in [2.05, 4.69) is 20.9 Å². The second-order valence-electron chi connectivity index (χ2n) is 5.07. The molecule has 1 heterocycles. The zero-order valence-electron chi connectivity index (χ0n) is 12.4. The van der Waals surface area contributed by atoms with E-state index in [9.17, 15) is 9.59 Å². The van der Waals surface area contributed by atoms with Crippen molar-refractivity contribution >= 4 is 39.1 Å². The largest absolute Gasteiger partial charge is 0.481 e. The minimum Gasteiger partial charge on any atom is -0.481 e. The van der Waals surface area contributed by atoms with Crippen molar-refractivity contribution in [2.24, 2.45) is 0 Å². The number of amides is 1. The third-order valence-corrected chi connectivity index (χ3v) is 4.42. The van der Waals surface area contributed by atoms with Crippen molar-refractivity contribution in [2.45, 2.75) is 25.8 Å². The van der Waals surface area contributed by atoms with Crippen LogP contribution in [0.1, 0.15) is 24.1 Å². The third-order valence-electron chi connectivity index (χ3n) is 3.29. The Morgan fingerprint density at radius 1 is 1.30 bits per heavy atom. The average Bonchev–Trinajstić information content (AvgIpc) is 3.02. The smallest absolute Gasteiger partial charge is 0.305 e. The Kier molecular flexibility index (Phi) is 6.73. The lowest BCUT2D eigenvalue weighted by Crippen LogP contribution is -2.32. The van der Waals surface area contributed by atoms with Crippen LogP contribution in [0.5, 0.6) is 0 Å². The summed E-state index contributed by atoms with van der Waals surface area (Å²) in [6.45, 7) is 0.611. The lowest BCUT2D eigenvalue weighted by atomic mass is 10.1. The summed E-state index contributed by atoms with van der Waals surface area (Å²) in [5, 5.41) is 10.8. The fraction of sp³-hybridized carbons (Fsp3) is 0.312. The molecule has 0 radical (unpaired) electrons. The van der Waals surface area contributed by atoms with Crippen LogP contribution < -0.4 is 0 Å². The van der Waals surface area contributed by atoms with Crippen molar-refractivity contribution in [1.82, 2.24) is 9.88 Å². The minimum atomic E-state index is -0.906. The first-order valence-corrected chi connectivity index (χ1v) is 8.89. The van der Waals surface area contributed by atoms with E-state index in [1.54, 1.807) is 10.4 Å². The van der Waals surface area contributed by atoms with Gasteiger partial charge in [0.2, 0.25) is 5.91 Å². The molecule has 0 unspecified atom stereocenters. The predicted molar refractivity (Wildman–Crippen MR) is 92.2 cm³/mol. The number of rotatable bonds is 8. The summed E-state index contributed by atoms with van der Waals surface area (Å²) < 4.78 is 0.933. The molecule has 5 nitrogen and oxygen atoms in total. The Hall–Kier alpha value is -1.73. The molecular weight excluding hydrogens is 380 g/mol. The normalized spacial score (nSPS) is 10.5. The maximum Gasteiger partial charge on any atom is 0.305 e. The number of nitrogens with zero attached hydrogens (tertiary/aromatic N) is 2. The van der Waals surface area contributed by atoms with Crippen LogP contribution in [0.2, 0.25) is 0 Å². The molecule has 23 heavy (non-hydrogen) atoms. The molecular formula is C16H17BrN2O3S. The highest BCUT2D eigenvalue weighted by Crippen LogP contribution is 2.15. The number of halogens is 1. The number of aliphatic carboxylic acids is 1. The predicted octanol–water partition coefficient (Wildman–Crippen LogP) is 3.34. The summed E-state index contributed by atoms with van der Waals surface area (Å²) in [5.74, 6) is -0.962. The standard InChI is InChI=1S/C16H17BrN2O3S/c17-13-3-1-2-12(8-13)9-19(7-6-16(21)22)15(20)5-4-14-10-23-11-18-14/h1-3,8,10-11H,4-7,9H2,(H,21,22). The SMILES string of the molecule is O=C(O)CCN(Cc1cccc(Br)c1)C(=O)CCc1cscn1. The summed E-state index contributed by atoms with van der Waals surface area (Å²) in [4.78, 5) is 29.0. The van der Waals surface area contributed by atoms with Crippen molar-refractivity contribution in [2.75, 3.05) is 6.54 Å². The number of carboxylic acid groups (broad SMARTS) is 1. The van der Waals surface area contributed by atoms with Crippen molar-refractivity contribution in [3.05, 3.63) is 50.9 Å². The molecule has 0 bridgehead atoms. The second kappa shape index (κ2) is 8.79. The van der Waals surface area contributed by atoms with E-state index in [-0.39, 0.29) is 18.9 Å². The Bertz CT molecular complexity index is 661. The average molecular weight is 397 g/mol. The number of hydrogen-bond acceptors (Lipinski definition) is 4. The molecule has 0 aliphatic rings. The molecule has 2 aromatic rings. The van der Waals surface area contributed by atoms with Gasteiger partial charge >= 0.3 is 5.97 Å². The zero-order chi connectivity index (χ0) is 16.7. The minimum absolute atomic E-state index is 0.0563. The summed E-state index contributed by atoms with van der Waals surface area (Å²) in [7, 11) is 0. The molecule has 0 fully saturated rings. The Balaban J connectivity index is 2.00. The summed E-state index contributed by atoms with van der Waals surface area (Å²) >= 11 is 4.90. The number of aryl methyl sites for hydroxylation is 1. The van der Waals surface area contributed by atoms with Gasteiger partial charge in [-0.25, -0.2) is 4.98 Å². The van der Waals surface area contributed by atoms with Crippen LogP contribution in [-0.4, -0.2) is 33.4 Å². The molecule has 1 aromatic carbocycles. The molecule has 0 aliphatic heterocycles. The highest BCUT2D eigenvalue weighted by Gasteiger charge is 2.16. The van der Waals surface area contributed by atoms with E-state index in [0.29, 0.717) is 19.4 Å². The fourth-order valence-electron chi connectivity index (χ4n) is 2.13. The van der Waals surface area contributed by atoms with E-state index in [1.807, 2.05) is 29.6 Å². The zero-order valence-corrected chi connectivity index (χ0v) is 14.8. The van der Waals surface area contributed by atoms with Gasteiger partial charge in [-0.1, -0.05) is 28.1 Å². The summed E-state index contributed by atoms with van der Waals surface area (Å²) in [6.07, 6.45) is 0.845. The van der Waals surface area contributed by atoms with Crippen molar-refractivity contribution in [1.29, 1.82) is 0 Å². The molecule has 1 N–H and O–H groups in total. The monoisotopic (exact) mass is 396 g/mol. The molecule has 1 aromatic heterocycles. The molecule has 122 valence electrons. The van der Waals surface area contributed by atoms with Gasteiger partial charge < -0.3 is 10.0 Å². The first-order chi connectivity index (χ1) is 11.0. The highest BCUT2D eigenvalue weighted by molar-refractivity contribution is 9.10. The number of thiazole rings is 1. The first-order valence-electron chi connectivity index (χ1n) is 7.15. The van der Waals surface area contributed by atoms with Gasteiger partial charge in [-0.3, -0.25) is 9.59 Å². The van der Waals surface area contributed by atoms with Gasteiger partial charge in [0.25, 0.3) is 0 Å². The van der Waals surface area contributed by atoms with Crippen LogP contribution in [0.25, 0.3) is 0 Å². The van der Waals surface area contributed by atoms with Gasteiger partial charge in [-0.15, -0.1) is 11.3 Å². The van der Waals surface area contributed by atoms with Crippen molar-refractivity contribution in [3.63, 3.8) is 0 Å².